The molecule has 3 aromatic rings. The smallest absolute Gasteiger partial charge is 0.415 e. The molecule has 0 bridgehead atoms. The maximum absolute atomic E-state index is 12.5. The first-order valence-corrected chi connectivity index (χ1v) is 19.8. The number of nitro benzene ring substituents is 1. The van der Waals surface area contributed by atoms with Gasteiger partial charge in [-0.1, -0.05) is 0 Å². The fourth-order valence-corrected chi connectivity index (χ4v) is 10.2. The van der Waals surface area contributed by atoms with Crippen molar-refractivity contribution in [3.63, 3.8) is 0 Å². The zero-order valence-electron chi connectivity index (χ0n) is 36.3. The van der Waals surface area contributed by atoms with Gasteiger partial charge in [-0.15, -0.1) is 0 Å². The van der Waals surface area contributed by atoms with E-state index < -0.39 is 24.4 Å². The van der Waals surface area contributed by atoms with Crippen LogP contribution in [0.15, 0.2) is 61.2 Å². The number of rotatable bonds is 7. The standard InChI is InChI=1S/C22H27N5O4.C18H28N4O2/c28-21(31-20-4-2-18(3-5-20)27(29)30)25-13-8-22(16-25)14-19(15-22)24-11-6-17(7-12-24)26-10-1-9-23-26;1-2-24-17(23)21-11-6-18(14-21)12-16(13-18)20-9-4-15(5-10-20)22-8-3-7-19-22/h1-5,9-10,17,19H,6-8,11-16H2;3,7-8,15-16H,2,4-6,9-14H2,1H3/i;1D3,2D2. The third kappa shape index (κ3) is 8.23. The largest absolute Gasteiger partial charge is 0.450 e. The van der Waals surface area contributed by atoms with Crippen molar-refractivity contribution < 1.29 is 30.8 Å². The molecule has 15 heteroatoms. The van der Waals surface area contributed by atoms with Crippen molar-refractivity contribution in [1.82, 2.24) is 39.2 Å². The van der Waals surface area contributed by atoms with Gasteiger partial charge in [0, 0.05) is 105 Å². The number of aromatic nitrogens is 4. The molecule has 9 rings (SSSR count). The number of benzene rings is 1. The molecule has 6 heterocycles. The second-order valence-corrected chi connectivity index (χ2v) is 16.6. The van der Waals surface area contributed by atoms with Crippen LogP contribution in [0.4, 0.5) is 15.3 Å². The topological polar surface area (TPSA) is 144 Å². The van der Waals surface area contributed by atoms with Crippen LogP contribution in [-0.4, -0.2) is 127 Å². The lowest BCUT2D eigenvalue weighted by atomic mass is 9.64. The van der Waals surface area contributed by atoms with Gasteiger partial charge in [0.1, 0.15) is 5.75 Å². The third-order valence-electron chi connectivity index (χ3n) is 13.3. The summed E-state index contributed by atoms with van der Waals surface area (Å²) in [5.74, 6) is 0.336. The lowest BCUT2D eigenvalue weighted by molar-refractivity contribution is -0.384. The Morgan fingerprint density at radius 2 is 1.27 bits per heavy atom. The first-order valence-electron chi connectivity index (χ1n) is 22.3. The van der Waals surface area contributed by atoms with Crippen LogP contribution in [0.5, 0.6) is 5.75 Å². The van der Waals surface area contributed by atoms with Gasteiger partial charge in [-0.3, -0.25) is 19.5 Å². The maximum atomic E-state index is 12.5. The molecule has 2 spiro atoms. The summed E-state index contributed by atoms with van der Waals surface area (Å²) < 4.78 is 50.7. The van der Waals surface area contributed by atoms with Crippen molar-refractivity contribution in [3.8, 4) is 5.75 Å². The molecule has 2 amide bonds. The summed E-state index contributed by atoms with van der Waals surface area (Å²) in [5, 5.41) is 19.5. The number of piperidine rings is 2. The first-order chi connectivity index (χ1) is 28.6. The summed E-state index contributed by atoms with van der Waals surface area (Å²) in [6.45, 7) is 0.803. The van der Waals surface area contributed by atoms with Crippen molar-refractivity contribution in [2.24, 2.45) is 10.8 Å². The quantitative estimate of drug-likeness (QED) is 0.207. The second kappa shape index (κ2) is 15.9. The lowest BCUT2D eigenvalue weighted by Gasteiger charge is -2.51. The fraction of sp³-hybridized carbons (Fsp3) is 0.650. The van der Waals surface area contributed by atoms with E-state index >= 15 is 0 Å². The highest BCUT2D eigenvalue weighted by Gasteiger charge is 2.53. The third-order valence-corrected chi connectivity index (χ3v) is 13.3. The maximum Gasteiger partial charge on any atom is 0.415 e. The summed E-state index contributed by atoms with van der Waals surface area (Å²) in [6.07, 6.45) is 17.2. The molecular weight excluding hydrogens is 702 g/mol. The van der Waals surface area contributed by atoms with Crippen LogP contribution in [0.3, 0.4) is 0 Å². The molecule has 15 nitrogen and oxygen atoms in total. The van der Waals surface area contributed by atoms with Gasteiger partial charge in [-0.25, -0.2) is 9.59 Å². The monoisotopic (exact) mass is 762 g/mol. The number of carbonyl (C=O) groups excluding carboxylic acids is 2. The van der Waals surface area contributed by atoms with Crippen LogP contribution in [0.25, 0.3) is 0 Å². The van der Waals surface area contributed by atoms with Crippen LogP contribution in [0, 0.1) is 20.9 Å². The van der Waals surface area contributed by atoms with E-state index in [-0.39, 0.29) is 22.6 Å². The average molecular weight is 763 g/mol. The van der Waals surface area contributed by atoms with Gasteiger partial charge in [0.15, 0.2) is 0 Å². The van der Waals surface area contributed by atoms with Crippen LogP contribution in [0.1, 0.15) is 90.0 Å². The van der Waals surface area contributed by atoms with E-state index in [0.29, 0.717) is 49.6 Å². The molecule has 4 aliphatic heterocycles. The van der Waals surface area contributed by atoms with E-state index in [0.717, 1.165) is 96.9 Å². The number of nitrogens with zero attached hydrogens (tertiary/aromatic N) is 9. The number of non-ortho nitro benzene ring substituents is 1. The van der Waals surface area contributed by atoms with E-state index in [2.05, 4.69) is 40.3 Å². The molecule has 0 radical (unpaired) electrons. The van der Waals surface area contributed by atoms with E-state index in [1.54, 1.807) is 4.90 Å². The molecule has 0 atom stereocenters. The van der Waals surface area contributed by atoms with Crippen molar-refractivity contribution in [3.05, 3.63) is 71.3 Å². The number of ether oxygens (including phenoxy) is 2. The van der Waals surface area contributed by atoms with Gasteiger partial charge in [-0.2, -0.15) is 10.2 Å². The molecule has 55 heavy (non-hydrogen) atoms. The average Bonchev–Trinajstić information content (AvgIpc) is 4.04. The Kier molecular flexibility index (Phi) is 9.17. The number of likely N-dealkylation sites (tertiary alicyclic amines) is 4. The SMILES string of the molecule is O=C(Oc1ccc([N+](=O)[O-])cc1)N1CCC2(CC(N3CCC(n4cccn4)CC3)C2)C1.[2H]C([2H])([2H])C([2H])([2H])OC(=O)N1CCC2(CC(N3CCC(n4cccn4)CC3)C2)C1. The molecule has 0 N–H and O–H groups in total. The minimum absolute atomic E-state index is 0.0194. The predicted octanol–water partition coefficient (Wildman–Crippen LogP) is 6.01. The van der Waals surface area contributed by atoms with Crippen LogP contribution < -0.4 is 4.74 Å². The van der Waals surface area contributed by atoms with Crippen LogP contribution >= 0.6 is 0 Å². The van der Waals surface area contributed by atoms with Gasteiger partial charge in [0.05, 0.1) is 26.3 Å². The highest BCUT2D eigenvalue weighted by molar-refractivity contribution is 5.71. The van der Waals surface area contributed by atoms with Gasteiger partial charge in [0.25, 0.3) is 5.69 Å². The van der Waals surface area contributed by atoms with E-state index in [4.69, 9.17) is 11.6 Å². The minimum atomic E-state index is -3.00. The summed E-state index contributed by atoms with van der Waals surface area (Å²) in [5.41, 5.74) is 0.266. The number of hydrogen-bond acceptors (Lipinski definition) is 10. The van der Waals surface area contributed by atoms with Crippen molar-refractivity contribution >= 4 is 17.9 Å². The number of carbonyl (C=O) groups is 2. The molecule has 2 aromatic heterocycles. The molecule has 2 saturated carbocycles. The Hall–Kier alpha value is -4.50. The van der Waals surface area contributed by atoms with Crippen molar-refractivity contribution in [2.75, 3.05) is 58.9 Å². The molecule has 1 aromatic carbocycles. The second-order valence-electron chi connectivity index (χ2n) is 16.6. The van der Waals surface area contributed by atoms with E-state index in [1.165, 1.54) is 29.2 Å². The Morgan fingerprint density at radius 3 is 1.71 bits per heavy atom. The summed E-state index contributed by atoms with van der Waals surface area (Å²) >= 11 is 0. The summed E-state index contributed by atoms with van der Waals surface area (Å²) in [4.78, 5) is 43.5. The van der Waals surface area contributed by atoms with E-state index in [9.17, 15) is 19.7 Å². The predicted molar refractivity (Wildman–Crippen MR) is 204 cm³/mol. The Labute approximate surface area is 329 Å². The molecule has 0 unspecified atom stereocenters. The van der Waals surface area contributed by atoms with E-state index in [1.807, 2.05) is 30.7 Å². The Balaban J connectivity index is 0.000000167. The zero-order chi connectivity index (χ0) is 42.3. The van der Waals surface area contributed by atoms with Crippen LogP contribution in [0.2, 0.25) is 0 Å². The Bertz CT molecular complexity index is 1940. The summed E-state index contributed by atoms with van der Waals surface area (Å²) in [6, 6.07) is 11.7. The van der Waals surface area contributed by atoms with Crippen molar-refractivity contribution in [2.45, 2.75) is 95.2 Å². The lowest BCUT2D eigenvalue weighted by Crippen LogP contribution is -2.54. The normalized spacial score (nSPS) is 30.6. The molecular formula is C40H55N9O6. The number of hydrogen-bond donors (Lipinski definition) is 0. The van der Waals surface area contributed by atoms with Gasteiger partial charge >= 0.3 is 12.2 Å². The molecule has 4 saturated heterocycles. The van der Waals surface area contributed by atoms with Gasteiger partial charge < -0.3 is 29.1 Å². The highest BCUT2D eigenvalue weighted by Crippen LogP contribution is 2.52. The number of amides is 2. The van der Waals surface area contributed by atoms with Gasteiger partial charge in [-0.05, 0) is 106 Å². The Morgan fingerprint density at radius 1 is 0.782 bits per heavy atom. The molecule has 296 valence electrons. The van der Waals surface area contributed by atoms with Crippen LogP contribution in [-0.2, 0) is 4.74 Å². The minimum Gasteiger partial charge on any atom is -0.450 e. The fourth-order valence-electron chi connectivity index (χ4n) is 10.2. The van der Waals surface area contributed by atoms with Crippen molar-refractivity contribution in [1.29, 1.82) is 0 Å². The molecule has 6 aliphatic rings. The highest BCUT2D eigenvalue weighted by atomic mass is 16.6. The van der Waals surface area contributed by atoms with Gasteiger partial charge in [0.2, 0.25) is 0 Å². The number of nitro groups is 1. The molecule has 2 aliphatic carbocycles. The summed E-state index contributed by atoms with van der Waals surface area (Å²) in [7, 11) is 0. The first kappa shape index (κ1) is 31.7. The molecule has 6 fully saturated rings. The zero-order valence-corrected chi connectivity index (χ0v) is 31.3.